The highest BCUT2D eigenvalue weighted by Crippen LogP contribution is 2.40. The van der Waals surface area contributed by atoms with Crippen molar-refractivity contribution in [3.63, 3.8) is 0 Å². The summed E-state index contributed by atoms with van der Waals surface area (Å²) in [5.74, 6) is 0.359. The van der Waals surface area contributed by atoms with Gasteiger partial charge in [-0.25, -0.2) is 9.78 Å². The van der Waals surface area contributed by atoms with Crippen LogP contribution in [0, 0.1) is 11.8 Å². The van der Waals surface area contributed by atoms with E-state index in [0.29, 0.717) is 16.5 Å². The highest BCUT2D eigenvalue weighted by Gasteiger charge is 2.33. The van der Waals surface area contributed by atoms with E-state index in [0.717, 1.165) is 53.0 Å². The van der Waals surface area contributed by atoms with Crippen LogP contribution in [0.4, 0.5) is 5.69 Å². The third kappa shape index (κ3) is 5.05. The van der Waals surface area contributed by atoms with E-state index in [9.17, 15) is 9.59 Å². The van der Waals surface area contributed by atoms with E-state index in [-0.39, 0.29) is 17.9 Å². The Morgan fingerprint density at radius 3 is 2.41 bits per heavy atom. The van der Waals surface area contributed by atoms with Gasteiger partial charge >= 0.3 is 5.97 Å². The Morgan fingerprint density at radius 1 is 1.05 bits per heavy atom. The summed E-state index contributed by atoms with van der Waals surface area (Å²) in [5.41, 5.74) is 4.45. The molecule has 0 aliphatic heterocycles. The number of rotatable bonds is 6. The molecule has 1 aliphatic rings. The van der Waals surface area contributed by atoms with Gasteiger partial charge in [0, 0.05) is 34.8 Å². The molecule has 3 heterocycles. The van der Waals surface area contributed by atoms with Crippen molar-refractivity contribution >= 4 is 34.5 Å². The fraction of sp³-hybridized carbons (Fsp3) is 0.367. The molecular formula is C30H33N3O3S. The second-order valence-corrected chi connectivity index (χ2v) is 11.3. The monoisotopic (exact) mass is 515 g/mol. The van der Waals surface area contributed by atoms with E-state index in [1.165, 1.54) is 18.4 Å². The van der Waals surface area contributed by atoms with Crippen molar-refractivity contribution in [1.82, 2.24) is 9.38 Å². The number of ether oxygens (including phenoxy) is 1. The third-order valence-electron chi connectivity index (χ3n) is 7.29. The average Bonchev–Trinajstić information content (AvgIpc) is 3.54. The molecule has 1 aliphatic carbocycles. The van der Waals surface area contributed by atoms with Crippen LogP contribution in [-0.2, 0) is 9.53 Å². The van der Waals surface area contributed by atoms with Crippen molar-refractivity contribution in [2.45, 2.75) is 52.5 Å². The first-order chi connectivity index (χ1) is 17.9. The number of fused-ring (bicyclic) bond motifs is 1. The van der Waals surface area contributed by atoms with Crippen molar-refractivity contribution in [3.05, 3.63) is 65.8 Å². The van der Waals surface area contributed by atoms with Gasteiger partial charge in [-0.15, -0.1) is 11.3 Å². The van der Waals surface area contributed by atoms with Gasteiger partial charge in [0.1, 0.15) is 10.5 Å². The van der Waals surface area contributed by atoms with E-state index in [1.807, 2.05) is 84.1 Å². The number of pyridine rings is 1. The number of hydrogen-bond donors (Lipinski definition) is 0. The Hall–Kier alpha value is -3.45. The Labute approximate surface area is 221 Å². The lowest BCUT2D eigenvalue weighted by atomic mass is 9.82. The Balaban J connectivity index is 1.48. The molecule has 0 radical (unpaired) electrons. The van der Waals surface area contributed by atoms with Crippen LogP contribution in [0.3, 0.4) is 0 Å². The van der Waals surface area contributed by atoms with Crippen LogP contribution in [0.1, 0.15) is 56.1 Å². The Bertz CT molecular complexity index is 1380. The molecule has 192 valence electrons. The Kier molecular flexibility index (Phi) is 7.15. The molecule has 5 rings (SSSR count). The number of anilines is 1. The average molecular weight is 516 g/mol. The number of carbonyl (C=O) groups is 2. The fourth-order valence-electron chi connectivity index (χ4n) is 5.18. The van der Waals surface area contributed by atoms with Gasteiger partial charge < -0.3 is 14.0 Å². The molecule has 6 nitrogen and oxygen atoms in total. The van der Waals surface area contributed by atoms with Gasteiger partial charge in [0.2, 0.25) is 5.91 Å². The first-order valence-electron chi connectivity index (χ1n) is 13.0. The normalized spacial score (nSPS) is 17.8. The number of carbonyl (C=O) groups excluding carboxylic acids is 2. The number of nitrogens with zero attached hydrogens (tertiary/aromatic N) is 3. The first kappa shape index (κ1) is 25.2. The zero-order valence-electron chi connectivity index (χ0n) is 21.8. The van der Waals surface area contributed by atoms with Gasteiger partial charge in [0.05, 0.1) is 18.5 Å². The highest BCUT2D eigenvalue weighted by atomic mass is 32.1. The molecule has 0 N–H and O–H groups in total. The number of benzene rings is 1. The lowest BCUT2D eigenvalue weighted by molar-refractivity contribution is -0.123. The van der Waals surface area contributed by atoms with Crippen LogP contribution in [-0.4, -0.2) is 34.4 Å². The molecule has 3 aromatic heterocycles. The number of esters is 1. The number of methoxy groups -OCH3 is 1. The predicted octanol–water partition coefficient (Wildman–Crippen LogP) is 7.08. The molecule has 1 fully saturated rings. The predicted molar refractivity (Wildman–Crippen MR) is 149 cm³/mol. The second-order valence-electron chi connectivity index (χ2n) is 10.2. The number of thiophene rings is 1. The van der Waals surface area contributed by atoms with Gasteiger partial charge in [-0.2, -0.15) is 0 Å². The van der Waals surface area contributed by atoms with Crippen molar-refractivity contribution in [1.29, 1.82) is 0 Å². The minimum absolute atomic E-state index is 0.00263. The quantitative estimate of drug-likeness (QED) is 0.257. The fourth-order valence-corrected chi connectivity index (χ4v) is 6.25. The van der Waals surface area contributed by atoms with Crippen molar-refractivity contribution < 1.29 is 14.3 Å². The molecule has 4 aromatic rings. The maximum atomic E-state index is 13.7. The van der Waals surface area contributed by atoms with Gasteiger partial charge in [-0.1, -0.05) is 37.3 Å². The molecular weight excluding hydrogens is 482 g/mol. The maximum Gasteiger partial charge on any atom is 0.350 e. The molecule has 0 saturated heterocycles. The SMILES string of the molecule is COC(=O)c1sc(-c2ccc(-c3cn4ccccc4n3)cc2)cc1N(C(=O)C1CCC(C)CC1)C(C)C. The van der Waals surface area contributed by atoms with Crippen LogP contribution in [0.5, 0.6) is 0 Å². The molecule has 0 atom stereocenters. The maximum absolute atomic E-state index is 13.7. The van der Waals surface area contributed by atoms with Gasteiger partial charge in [0.15, 0.2) is 0 Å². The smallest absolute Gasteiger partial charge is 0.350 e. The van der Waals surface area contributed by atoms with E-state index in [2.05, 4.69) is 6.92 Å². The van der Waals surface area contributed by atoms with Crippen LogP contribution in [0.2, 0.25) is 0 Å². The molecule has 37 heavy (non-hydrogen) atoms. The summed E-state index contributed by atoms with van der Waals surface area (Å²) in [6, 6.07) is 16.0. The summed E-state index contributed by atoms with van der Waals surface area (Å²) in [5, 5.41) is 0. The van der Waals surface area contributed by atoms with Gasteiger partial charge in [-0.05, 0) is 69.2 Å². The number of imidazole rings is 1. The molecule has 7 heteroatoms. The highest BCUT2D eigenvalue weighted by molar-refractivity contribution is 7.18. The second kappa shape index (κ2) is 10.5. The lowest BCUT2D eigenvalue weighted by Gasteiger charge is -2.33. The zero-order valence-corrected chi connectivity index (χ0v) is 22.6. The minimum Gasteiger partial charge on any atom is -0.465 e. The standard InChI is InChI=1S/C30H33N3O3S/c1-19(2)33(29(34)23-10-8-20(3)9-11-23)25-17-26(37-28(25)30(35)36-4)22-14-12-21(13-15-22)24-18-32-16-6-5-7-27(32)31-24/h5-7,12-20,23H,8-11H2,1-4H3. The van der Waals surface area contributed by atoms with E-state index >= 15 is 0 Å². The van der Waals surface area contributed by atoms with Crippen LogP contribution in [0.15, 0.2) is 60.9 Å². The third-order valence-corrected chi connectivity index (χ3v) is 8.44. The minimum atomic E-state index is -0.414. The van der Waals surface area contributed by atoms with Crippen molar-refractivity contribution in [2.75, 3.05) is 12.0 Å². The molecule has 0 spiro atoms. The summed E-state index contributed by atoms with van der Waals surface area (Å²) < 4.78 is 7.13. The van der Waals surface area contributed by atoms with Crippen LogP contribution >= 0.6 is 11.3 Å². The van der Waals surface area contributed by atoms with E-state index in [1.54, 1.807) is 0 Å². The molecule has 0 bridgehead atoms. The van der Waals surface area contributed by atoms with Crippen LogP contribution in [0.25, 0.3) is 27.3 Å². The molecule has 1 saturated carbocycles. The number of hydrogen-bond acceptors (Lipinski definition) is 5. The molecule has 1 aromatic carbocycles. The topological polar surface area (TPSA) is 63.9 Å². The lowest BCUT2D eigenvalue weighted by Crippen LogP contribution is -2.42. The summed E-state index contributed by atoms with van der Waals surface area (Å²) in [6.45, 7) is 6.26. The largest absolute Gasteiger partial charge is 0.465 e. The van der Waals surface area contributed by atoms with Crippen molar-refractivity contribution in [3.8, 4) is 21.7 Å². The van der Waals surface area contributed by atoms with Crippen LogP contribution < -0.4 is 4.90 Å². The zero-order chi connectivity index (χ0) is 26.1. The summed E-state index contributed by atoms with van der Waals surface area (Å²) in [7, 11) is 1.39. The van der Waals surface area contributed by atoms with E-state index < -0.39 is 5.97 Å². The summed E-state index contributed by atoms with van der Waals surface area (Å²) in [6.07, 6.45) is 7.94. The first-order valence-corrected chi connectivity index (χ1v) is 13.8. The summed E-state index contributed by atoms with van der Waals surface area (Å²) >= 11 is 1.37. The van der Waals surface area contributed by atoms with Gasteiger partial charge in [0.25, 0.3) is 0 Å². The Morgan fingerprint density at radius 2 is 1.76 bits per heavy atom. The van der Waals surface area contributed by atoms with Gasteiger partial charge in [-0.3, -0.25) is 4.79 Å². The number of aromatic nitrogens is 2. The molecule has 1 amide bonds. The van der Waals surface area contributed by atoms with E-state index in [4.69, 9.17) is 9.72 Å². The summed E-state index contributed by atoms with van der Waals surface area (Å²) in [4.78, 5) is 34.4. The number of amides is 1. The molecule has 0 unspecified atom stereocenters. The van der Waals surface area contributed by atoms with Crippen molar-refractivity contribution in [2.24, 2.45) is 11.8 Å².